The molecule has 4 heterocycles. The Hall–Kier alpha value is -3.65. The maximum atomic E-state index is 13.5. The Bertz CT molecular complexity index is 1420. The largest absolute Gasteiger partial charge is 0.360 e. The second-order valence-corrected chi connectivity index (χ2v) is 7.82. The van der Waals surface area contributed by atoms with Crippen LogP contribution in [0, 0.1) is 6.92 Å². The Balaban J connectivity index is 1.69. The van der Waals surface area contributed by atoms with E-state index in [1.807, 2.05) is 62.4 Å². The van der Waals surface area contributed by atoms with Crippen molar-refractivity contribution in [3.05, 3.63) is 82.8 Å². The van der Waals surface area contributed by atoms with Gasteiger partial charge in [-0.05, 0) is 55.7 Å². The van der Waals surface area contributed by atoms with Crippen molar-refractivity contribution < 1.29 is 0 Å². The predicted octanol–water partition coefficient (Wildman–Crippen LogP) is 4.27. The minimum atomic E-state index is -0.218. The Labute approximate surface area is 176 Å². The van der Waals surface area contributed by atoms with Gasteiger partial charge in [0.05, 0.1) is 27.3 Å². The number of hydrogen-bond acceptors (Lipinski definition) is 7. The standard InChI is InChI=1S/C22H18N6OS/c1-13(26-21-20-16(24-12-25-21)9-6-10-23-20)17-11-18-19(14(2)27-30-18)22(29)28(17)15-7-4-3-5-8-15/h3-13H,1-2H3,(H,24,25,26)/t13-/m0/s1. The highest BCUT2D eigenvalue weighted by Gasteiger charge is 2.20. The molecule has 5 rings (SSSR count). The first kappa shape index (κ1) is 18.4. The lowest BCUT2D eigenvalue weighted by atomic mass is 10.1. The van der Waals surface area contributed by atoms with E-state index in [1.165, 1.54) is 17.9 Å². The van der Waals surface area contributed by atoms with E-state index in [9.17, 15) is 4.79 Å². The molecule has 1 N–H and O–H groups in total. The highest BCUT2D eigenvalue weighted by atomic mass is 32.1. The van der Waals surface area contributed by atoms with E-state index in [0.29, 0.717) is 16.7 Å². The summed E-state index contributed by atoms with van der Waals surface area (Å²) < 4.78 is 7.02. The number of pyridine rings is 2. The smallest absolute Gasteiger partial charge is 0.266 e. The van der Waals surface area contributed by atoms with Gasteiger partial charge in [-0.3, -0.25) is 14.3 Å². The van der Waals surface area contributed by atoms with Gasteiger partial charge < -0.3 is 5.32 Å². The van der Waals surface area contributed by atoms with Gasteiger partial charge in [-0.15, -0.1) is 0 Å². The lowest BCUT2D eigenvalue weighted by Crippen LogP contribution is -2.25. The summed E-state index contributed by atoms with van der Waals surface area (Å²) in [5.74, 6) is 0.626. The second-order valence-electron chi connectivity index (χ2n) is 7.01. The van der Waals surface area contributed by atoms with E-state index in [2.05, 4.69) is 24.6 Å². The lowest BCUT2D eigenvalue weighted by Gasteiger charge is -2.21. The molecule has 0 spiro atoms. The van der Waals surface area contributed by atoms with E-state index < -0.39 is 0 Å². The fourth-order valence-corrected chi connectivity index (χ4v) is 4.44. The van der Waals surface area contributed by atoms with Crippen molar-refractivity contribution in [2.75, 3.05) is 5.32 Å². The molecule has 148 valence electrons. The summed E-state index contributed by atoms with van der Waals surface area (Å²) in [6.07, 6.45) is 3.23. The zero-order chi connectivity index (χ0) is 20.7. The maximum Gasteiger partial charge on any atom is 0.266 e. The fraction of sp³-hybridized carbons (Fsp3) is 0.136. The molecule has 0 aliphatic rings. The van der Waals surface area contributed by atoms with Crippen LogP contribution >= 0.6 is 11.5 Å². The molecule has 7 nitrogen and oxygen atoms in total. The first-order valence-corrected chi connectivity index (χ1v) is 10.3. The lowest BCUT2D eigenvalue weighted by molar-refractivity contribution is 0.774. The SMILES string of the molecule is Cc1nsc2cc([C@H](C)Nc3ncnc4cccnc34)n(-c3ccccc3)c(=O)c12. The molecule has 0 aliphatic carbocycles. The molecule has 0 saturated carbocycles. The van der Waals surface area contributed by atoms with Crippen LogP contribution in [-0.2, 0) is 0 Å². The molecule has 30 heavy (non-hydrogen) atoms. The third-order valence-corrected chi connectivity index (χ3v) is 5.93. The van der Waals surface area contributed by atoms with Gasteiger partial charge in [0.15, 0.2) is 5.82 Å². The monoisotopic (exact) mass is 414 g/mol. The van der Waals surface area contributed by atoms with Crippen LogP contribution < -0.4 is 10.9 Å². The van der Waals surface area contributed by atoms with Crippen molar-refractivity contribution in [2.45, 2.75) is 19.9 Å². The Morgan fingerprint density at radius 3 is 2.73 bits per heavy atom. The molecule has 0 fully saturated rings. The van der Waals surface area contributed by atoms with Gasteiger partial charge in [0.25, 0.3) is 5.56 Å². The topological polar surface area (TPSA) is 85.6 Å². The van der Waals surface area contributed by atoms with Crippen molar-refractivity contribution in [3.63, 3.8) is 0 Å². The summed E-state index contributed by atoms with van der Waals surface area (Å²) in [6, 6.07) is 15.2. The number of aromatic nitrogens is 5. The predicted molar refractivity (Wildman–Crippen MR) is 119 cm³/mol. The third kappa shape index (κ3) is 3.02. The first-order chi connectivity index (χ1) is 14.6. The van der Waals surface area contributed by atoms with Gasteiger partial charge in [0, 0.05) is 17.6 Å². The van der Waals surface area contributed by atoms with Crippen LogP contribution in [0.2, 0.25) is 0 Å². The fourth-order valence-electron chi connectivity index (χ4n) is 3.61. The maximum absolute atomic E-state index is 13.5. The molecule has 0 aliphatic heterocycles. The summed E-state index contributed by atoms with van der Waals surface area (Å²) in [6.45, 7) is 3.88. The van der Waals surface area contributed by atoms with Gasteiger partial charge >= 0.3 is 0 Å². The molecule has 0 bridgehead atoms. The number of fused-ring (bicyclic) bond motifs is 2. The molecule has 8 heteroatoms. The van der Waals surface area contributed by atoms with Gasteiger partial charge in [-0.2, -0.15) is 4.37 Å². The van der Waals surface area contributed by atoms with Gasteiger partial charge in [-0.25, -0.2) is 9.97 Å². The van der Waals surface area contributed by atoms with Crippen LogP contribution in [0.1, 0.15) is 24.4 Å². The molecule has 0 radical (unpaired) electrons. The van der Waals surface area contributed by atoms with Crippen LogP contribution in [-0.4, -0.2) is 23.9 Å². The molecular formula is C22H18N6OS. The molecule has 0 saturated heterocycles. The summed E-state index contributed by atoms with van der Waals surface area (Å²) in [5, 5.41) is 4.08. The molecule has 1 atom stereocenters. The van der Waals surface area contributed by atoms with Gasteiger partial charge in [-0.1, -0.05) is 18.2 Å². The summed E-state index contributed by atoms with van der Waals surface area (Å²) in [4.78, 5) is 26.5. The molecule has 0 unspecified atom stereocenters. The Morgan fingerprint density at radius 1 is 1.07 bits per heavy atom. The zero-order valence-electron chi connectivity index (χ0n) is 16.4. The molecule has 1 aromatic carbocycles. The number of rotatable bonds is 4. The van der Waals surface area contributed by atoms with Gasteiger partial charge in [0.2, 0.25) is 0 Å². The van der Waals surface area contributed by atoms with E-state index in [1.54, 1.807) is 10.8 Å². The number of nitrogens with zero attached hydrogens (tertiary/aromatic N) is 5. The van der Waals surface area contributed by atoms with E-state index in [4.69, 9.17) is 0 Å². The average molecular weight is 414 g/mol. The van der Waals surface area contributed by atoms with Crippen LogP contribution in [0.4, 0.5) is 5.82 Å². The number of anilines is 1. The van der Waals surface area contributed by atoms with E-state index in [-0.39, 0.29) is 11.6 Å². The Kier molecular flexibility index (Phi) is 4.48. The normalized spacial score (nSPS) is 12.3. The highest BCUT2D eigenvalue weighted by Crippen LogP contribution is 2.28. The van der Waals surface area contributed by atoms with Crippen molar-refractivity contribution in [1.82, 2.24) is 23.9 Å². The number of nitrogens with one attached hydrogen (secondary N) is 1. The molecular weight excluding hydrogens is 396 g/mol. The molecule has 4 aromatic heterocycles. The number of hydrogen-bond donors (Lipinski definition) is 1. The summed E-state index contributed by atoms with van der Waals surface area (Å²) in [5.41, 5.74) is 3.77. The summed E-state index contributed by atoms with van der Waals surface area (Å²) >= 11 is 1.34. The van der Waals surface area contributed by atoms with Crippen molar-refractivity contribution in [2.24, 2.45) is 0 Å². The van der Waals surface area contributed by atoms with E-state index in [0.717, 1.165) is 27.3 Å². The number of aryl methyl sites for hydroxylation is 1. The van der Waals surface area contributed by atoms with Crippen LogP contribution in [0.5, 0.6) is 0 Å². The highest BCUT2D eigenvalue weighted by molar-refractivity contribution is 7.13. The quantitative estimate of drug-likeness (QED) is 0.473. The Morgan fingerprint density at radius 2 is 1.90 bits per heavy atom. The van der Waals surface area contributed by atoms with Crippen LogP contribution in [0.25, 0.3) is 26.8 Å². The summed E-state index contributed by atoms with van der Waals surface area (Å²) in [7, 11) is 0. The third-order valence-electron chi connectivity index (χ3n) is 5.05. The van der Waals surface area contributed by atoms with Crippen molar-refractivity contribution in [1.29, 1.82) is 0 Å². The minimum absolute atomic E-state index is 0.0701. The molecule has 5 aromatic rings. The minimum Gasteiger partial charge on any atom is -0.360 e. The zero-order valence-corrected chi connectivity index (χ0v) is 17.2. The number of para-hydroxylation sites is 1. The molecule has 0 amide bonds. The number of benzene rings is 1. The second kappa shape index (κ2) is 7.31. The van der Waals surface area contributed by atoms with Crippen LogP contribution in [0.3, 0.4) is 0 Å². The van der Waals surface area contributed by atoms with Crippen molar-refractivity contribution in [3.8, 4) is 5.69 Å². The van der Waals surface area contributed by atoms with Crippen LogP contribution in [0.15, 0.2) is 65.8 Å². The van der Waals surface area contributed by atoms with Crippen molar-refractivity contribution >= 4 is 38.5 Å². The van der Waals surface area contributed by atoms with E-state index >= 15 is 0 Å². The first-order valence-electron chi connectivity index (χ1n) is 9.53. The van der Waals surface area contributed by atoms with Gasteiger partial charge in [0.1, 0.15) is 11.8 Å². The average Bonchev–Trinajstić information content (AvgIpc) is 3.15.